The Balaban J connectivity index is 1.87. The van der Waals surface area contributed by atoms with Crippen molar-refractivity contribution in [3.8, 4) is 11.5 Å². The summed E-state index contributed by atoms with van der Waals surface area (Å²) in [6.45, 7) is 2.14. The summed E-state index contributed by atoms with van der Waals surface area (Å²) in [6, 6.07) is 10.4. The van der Waals surface area contributed by atoms with Crippen molar-refractivity contribution in [3.05, 3.63) is 53.1 Å². The van der Waals surface area contributed by atoms with E-state index in [1.165, 1.54) is 12.1 Å². The van der Waals surface area contributed by atoms with Crippen molar-refractivity contribution in [1.29, 1.82) is 0 Å². The Bertz CT molecular complexity index is 785. The Hall–Kier alpha value is -2.19. The molecule has 146 valence electrons. The van der Waals surface area contributed by atoms with E-state index in [9.17, 15) is 13.2 Å². The number of anilines is 1. The highest BCUT2D eigenvalue weighted by molar-refractivity contribution is 7.80. The summed E-state index contributed by atoms with van der Waals surface area (Å²) in [5.74, 6) is 1.39. The van der Waals surface area contributed by atoms with Gasteiger partial charge in [-0.3, -0.25) is 0 Å². The first-order valence-electron chi connectivity index (χ1n) is 7.90. The summed E-state index contributed by atoms with van der Waals surface area (Å²) in [6.07, 6.45) is -4.54. The van der Waals surface area contributed by atoms with Crippen molar-refractivity contribution in [2.24, 2.45) is 0 Å². The minimum absolute atomic E-state index is 0.177. The van der Waals surface area contributed by atoms with Crippen LogP contribution in [0.3, 0.4) is 0 Å². The lowest BCUT2D eigenvalue weighted by molar-refractivity contribution is -0.137. The minimum atomic E-state index is -4.54. The van der Waals surface area contributed by atoms with E-state index in [1.54, 1.807) is 31.4 Å². The van der Waals surface area contributed by atoms with Crippen molar-refractivity contribution >= 4 is 34.6 Å². The number of hydrogen-bond donors (Lipinski definition) is 2. The molecule has 2 rings (SSSR count). The van der Waals surface area contributed by atoms with Gasteiger partial charge in [0.15, 0.2) is 5.11 Å². The van der Waals surface area contributed by atoms with Crippen LogP contribution in [0.15, 0.2) is 42.5 Å². The van der Waals surface area contributed by atoms with Crippen LogP contribution in [0.1, 0.15) is 12.5 Å². The van der Waals surface area contributed by atoms with Crippen molar-refractivity contribution in [2.75, 3.05) is 19.0 Å². The molecule has 0 aliphatic rings. The Morgan fingerprint density at radius 3 is 2.37 bits per heavy atom. The lowest BCUT2D eigenvalue weighted by atomic mass is 10.2. The van der Waals surface area contributed by atoms with Crippen molar-refractivity contribution in [3.63, 3.8) is 0 Å². The van der Waals surface area contributed by atoms with E-state index in [0.29, 0.717) is 12.4 Å². The van der Waals surface area contributed by atoms with Crippen LogP contribution < -0.4 is 20.1 Å². The number of benzene rings is 2. The number of methoxy groups -OCH3 is 1. The van der Waals surface area contributed by atoms with Crippen LogP contribution in [-0.4, -0.2) is 24.9 Å². The Labute approximate surface area is 165 Å². The predicted molar refractivity (Wildman–Crippen MR) is 104 cm³/mol. The van der Waals surface area contributed by atoms with E-state index in [2.05, 4.69) is 10.6 Å². The van der Waals surface area contributed by atoms with Crippen molar-refractivity contribution < 1.29 is 22.6 Å². The number of halogens is 4. The van der Waals surface area contributed by atoms with E-state index in [-0.39, 0.29) is 21.9 Å². The Kier molecular flexibility index (Phi) is 7.15. The summed E-state index contributed by atoms with van der Waals surface area (Å²) >= 11 is 10.7. The minimum Gasteiger partial charge on any atom is -0.497 e. The van der Waals surface area contributed by atoms with E-state index in [0.717, 1.165) is 11.8 Å². The Morgan fingerprint density at radius 2 is 1.78 bits per heavy atom. The molecule has 0 radical (unpaired) electrons. The standard InChI is InChI=1S/C18H18ClF3N2O2S/c1-11(10-26-14-6-4-13(25-2)5-7-14)23-17(27)24-12-3-8-16(19)15(9-12)18(20,21)22/h3-9,11H,10H2,1-2H3,(H2,23,24,27)/t11-/m0/s1. The second-order valence-corrected chi connectivity index (χ2v) is 6.49. The molecule has 0 aromatic heterocycles. The van der Waals surface area contributed by atoms with Gasteiger partial charge in [-0.15, -0.1) is 0 Å². The molecule has 2 aromatic rings. The van der Waals surface area contributed by atoms with Crippen LogP contribution in [0.25, 0.3) is 0 Å². The summed E-state index contributed by atoms with van der Waals surface area (Å²) < 4.78 is 49.4. The third-order valence-electron chi connectivity index (χ3n) is 3.47. The van der Waals surface area contributed by atoms with Crippen LogP contribution in [0.2, 0.25) is 5.02 Å². The maximum atomic E-state index is 12.9. The number of rotatable bonds is 6. The first kappa shape index (κ1) is 21.1. The molecule has 0 amide bonds. The largest absolute Gasteiger partial charge is 0.497 e. The molecule has 0 aliphatic carbocycles. The van der Waals surface area contributed by atoms with Gasteiger partial charge in [0, 0.05) is 5.69 Å². The number of thiocarbonyl (C=S) groups is 1. The number of nitrogens with one attached hydrogen (secondary N) is 2. The van der Waals surface area contributed by atoms with Crippen LogP contribution >= 0.6 is 23.8 Å². The third kappa shape index (κ3) is 6.48. The van der Waals surface area contributed by atoms with Crippen LogP contribution in [-0.2, 0) is 6.18 Å². The Morgan fingerprint density at radius 1 is 1.15 bits per heavy atom. The van der Waals surface area contributed by atoms with Crippen molar-refractivity contribution in [1.82, 2.24) is 5.32 Å². The lowest BCUT2D eigenvalue weighted by Crippen LogP contribution is -2.39. The predicted octanol–water partition coefficient (Wildman–Crippen LogP) is 5.12. The van der Waals surface area contributed by atoms with Gasteiger partial charge in [-0.05, 0) is 61.6 Å². The van der Waals surface area contributed by atoms with Gasteiger partial charge < -0.3 is 20.1 Å². The topological polar surface area (TPSA) is 42.5 Å². The van der Waals surface area contributed by atoms with E-state index in [1.807, 2.05) is 6.92 Å². The highest BCUT2D eigenvalue weighted by Crippen LogP contribution is 2.36. The maximum absolute atomic E-state index is 12.9. The lowest BCUT2D eigenvalue weighted by Gasteiger charge is -2.18. The van der Waals surface area contributed by atoms with Crippen LogP contribution in [0.5, 0.6) is 11.5 Å². The fourth-order valence-electron chi connectivity index (χ4n) is 2.15. The summed E-state index contributed by atoms with van der Waals surface area (Å²) in [4.78, 5) is 0. The fraction of sp³-hybridized carbons (Fsp3) is 0.278. The fourth-order valence-corrected chi connectivity index (χ4v) is 2.69. The second-order valence-electron chi connectivity index (χ2n) is 5.68. The van der Waals surface area contributed by atoms with Gasteiger partial charge >= 0.3 is 6.18 Å². The molecule has 0 unspecified atom stereocenters. The van der Waals surface area contributed by atoms with E-state index < -0.39 is 11.7 Å². The monoisotopic (exact) mass is 418 g/mol. The van der Waals surface area contributed by atoms with Gasteiger partial charge in [-0.1, -0.05) is 11.6 Å². The molecule has 0 saturated carbocycles. The second kappa shape index (κ2) is 9.14. The van der Waals surface area contributed by atoms with Gasteiger partial charge in [0.05, 0.1) is 23.7 Å². The SMILES string of the molecule is COc1ccc(OC[C@H](C)NC(=S)Nc2ccc(Cl)c(C(F)(F)F)c2)cc1. The quantitative estimate of drug-likeness (QED) is 0.637. The van der Waals surface area contributed by atoms with E-state index in [4.69, 9.17) is 33.3 Å². The molecular weight excluding hydrogens is 401 g/mol. The average Bonchev–Trinajstić information content (AvgIpc) is 2.61. The molecule has 0 saturated heterocycles. The zero-order valence-electron chi connectivity index (χ0n) is 14.6. The molecule has 9 heteroatoms. The average molecular weight is 419 g/mol. The molecule has 27 heavy (non-hydrogen) atoms. The molecule has 2 N–H and O–H groups in total. The molecule has 0 bridgehead atoms. The van der Waals surface area contributed by atoms with E-state index >= 15 is 0 Å². The van der Waals surface area contributed by atoms with Gasteiger partial charge in [-0.25, -0.2) is 0 Å². The molecule has 2 aromatic carbocycles. The zero-order chi connectivity index (χ0) is 20.0. The molecule has 0 fully saturated rings. The van der Waals surface area contributed by atoms with Gasteiger partial charge in [0.2, 0.25) is 0 Å². The number of alkyl halides is 3. The van der Waals surface area contributed by atoms with Crippen LogP contribution in [0, 0.1) is 0 Å². The third-order valence-corrected chi connectivity index (χ3v) is 4.02. The normalized spacial score (nSPS) is 12.2. The molecule has 0 heterocycles. The molecular formula is C18H18ClF3N2O2S. The first-order chi connectivity index (χ1) is 12.7. The van der Waals surface area contributed by atoms with Crippen LogP contribution in [0.4, 0.5) is 18.9 Å². The zero-order valence-corrected chi connectivity index (χ0v) is 16.1. The smallest absolute Gasteiger partial charge is 0.417 e. The summed E-state index contributed by atoms with van der Waals surface area (Å²) in [5, 5.41) is 5.48. The number of ether oxygens (including phenoxy) is 2. The maximum Gasteiger partial charge on any atom is 0.417 e. The summed E-state index contributed by atoms with van der Waals surface area (Å²) in [7, 11) is 1.58. The first-order valence-corrected chi connectivity index (χ1v) is 8.69. The number of hydrogen-bond acceptors (Lipinski definition) is 3. The molecule has 0 spiro atoms. The molecule has 1 atom stereocenters. The van der Waals surface area contributed by atoms with Gasteiger partial charge in [0.1, 0.15) is 18.1 Å². The van der Waals surface area contributed by atoms with Crippen molar-refractivity contribution in [2.45, 2.75) is 19.1 Å². The van der Waals surface area contributed by atoms with Gasteiger partial charge in [0.25, 0.3) is 0 Å². The molecule has 4 nitrogen and oxygen atoms in total. The van der Waals surface area contributed by atoms with Gasteiger partial charge in [-0.2, -0.15) is 13.2 Å². The molecule has 0 aliphatic heterocycles. The highest BCUT2D eigenvalue weighted by Gasteiger charge is 2.33. The summed E-state index contributed by atoms with van der Waals surface area (Å²) in [5.41, 5.74) is -0.736. The highest BCUT2D eigenvalue weighted by atomic mass is 35.5.